The normalized spacial score (nSPS) is 10.5. The van der Waals surface area contributed by atoms with Crippen LogP contribution in [0.2, 0.25) is 0 Å². The van der Waals surface area contributed by atoms with Crippen LogP contribution in [0, 0.1) is 0 Å². The van der Waals surface area contributed by atoms with Crippen molar-refractivity contribution in [3.63, 3.8) is 0 Å². The fraction of sp³-hybridized carbons (Fsp3) is 0.250. The molecule has 0 saturated heterocycles. The molecule has 0 atom stereocenters. The first-order valence-electron chi connectivity index (χ1n) is 4.78. The van der Waals surface area contributed by atoms with E-state index in [0.29, 0.717) is 6.61 Å². The Labute approximate surface area is 89.8 Å². The van der Waals surface area contributed by atoms with Gasteiger partial charge in [-0.25, -0.2) is 0 Å². The molecule has 0 aliphatic carbocycles. The molecule has 0 bridgehead atoms. The molecule has 0 radical (unpaired) electrons. The second-order valence-corrected chi connectivity index (χ2v) is 3.08. The molecule has 0 fully saturated rings. The maximum absolute atomic E-state index is 11.3. The van der Waals surface area contributed by atoms with Gasteiger partial charge in [-0.2, -0.15) is 0 Å². The highest BCUT2D eigenvalue weighted by Gasteiger charge is 2.02. The number of para-hydroxylation sites is 1. The van der Waals surface area contributed by atoms with Crippen molar-refractivity contribution in [2.45, 2.75) is 13.5 Å². The number of carbonyl (C=O) groups excluding carboxylic acids is 1. The van der Waals surface area contributed by atoms with Crippen molar-refractivity contribution >= 4 is 11.6 Å². The molecule has 80 valence electrons. The molecule has 0 aromatic heterocycles. The van der Waals surface area contributed by atoms with Crippen molar-refractivity contribution < 1.29 is 9.53 Å². The Morgan fingerprint density at radius 2 is 2.20 bits per heavy atom. The van der Waals surface area contributed by atoms with Crippen molar-refractivity contribution in [2.24, 2.45) is 0 Å². The molecule has 1 N–H and O–H groups in total. The molecule has 0 aliphatic heterocycles. The molecule has 3 heteroatoms. The number of amides is 1. The van der Waals surface area contributed by atoms with Gasteiger partial charge in [-0.3, -0.25) is 4.79 Å². The second kappa shape index (κ2) is 5.98. The first-order chi connectivity index (χ1) is 7.27. The minimum Gasteiger partial charge on any atom is -0.380 e. The predicted octanol–water partition coefficient (Wildman–Crippen LogP) is 2.35. The summed E-state index contributed by atoms with van der Waals surface area (Å²) in [5.41, 5.74) is 1.76. The number of benzene rings is 1. The zero-order valence-electron chi connectivity index (χ0n) is 8.99. The highest BCUT2D eigenvalue weighted by atomic mass is 16.5. The van der Waals surface area contributed by atoms with Crippen LogP contribution in [-0.4, -0.2) is 13.0 Å². The van der Waals surface area contributed by atoms with Crippen molar-refractivity contribution in [1.29, 1.82) is 0 Å². The third-order valence-corrected chi connectivity index (χ3v) is 1.89. The number of nitrogens with one attached hydrogen (secondary N) is 1. The Bertz CT molecular complexity index is 358. The number of rotatable bonds is 4. The SMILES string of the molecule is CC=CC(=O)Nc1ccccc1COC. The van der Waals surface area contributed by atoms with E-state index in [1.165, 1.54) is 6.08 Å². The van der Waals surface area contributed by atoms with Crippen LogP contribution < -0.4 is 5.32 Å². The summed E-state index contributed by atoms with van der Waals surface area (Å²) in [4.78, 5) is 11.3. The summed E-state index contributed by atoms with van der Waals surface area (Å²) in [7, 11) is 1.63. The quantitative estimate of drug-likeness (QED) is 0.766. The summed E-state index contributed by atoms with van der Waals surface area (Å²) in [6, 6.07) is 7.58. The van der Waals surface area contributed by atoms with Gasteiger partial charge in [0.15, 0.2) is 0 Å². The van der Waals surface area contributed by atoms with Gasteiger partial charge in [-0.05, 0) is 19.1 Å². The number of ether oxygens (including phenoxy) is 1. The molecule has 3 nitrogen and oxygen atoms in total. The minimum absolute atomic E-state index is 0.124. The third kappa shape index (κ3) is 3.56. The fourth-order valence-electron chi connectivity index (χ4n) is 1.25. The third-order valence-electron chi connectivity index (χ3n) is 1.89. The van der Waals surface area contributed by atoms with Gasteiger partial charge in [-0.1, -0.05) is 24.3 Å². The van der Waals surface area contributed by atoms with Gasteiger partial charge in [0.25, 0.3) is 0 Å². The van der Waals surface area contributed by atoms with Crippen molar-refractivity contribution in [3.8, 4) is 0 Å². The maximum atomic E-state index is 11.3. The van der Waals surface area contributed by atoms with E-state index in [1.807, 2.05) is 24.3 Å². The van der Waals surface area contributed by atoms with Crippen LogP contribution in [0.5, 0.6) is 0 Å². The number of hydrogen-bond donors (Lipinski definition) is 1. The highest BCUT2D eigenvalue weighted by Crippen LogP contribution is 2.15. The molecule has 0 heterocycles. The Kier molecular flexibility index (Phi) is 4.57. The summed E-state index contributed by atoms with van der Waals surface area (Å²) in [5, 5.41) is 2.79. The van der Waals surface area contributed by atoms with Gasteiger partial charge in [0, 0.05) is 18.4 Å². The maximum Gasteiger partial charge on any atom is 0.248 e. The average molecular weight is 205 g/mol. The lowest BCUT2D eigenvalue weighted by molar-refractivity contribution is -0.111. The number of allylic oxidation sites excluding steroid dienone is 1. The van der Waals surface area contributed by atoms with E-state index in [9.17, 15) is 4.79 Å². The molecule has 1 amide bonds. The van der Waals surface area contributed by atoms with Crippen LogP contribution >= 0.6 is 0 Å². The van der Waals surface area contributed by atoms with Gasteiger partial charge < -0.3 is 10.1 Å². The molecule has 0 unspecified atom stereocenters. The van der Waals surface area contributed by atoms with E-state index in [2.05, 4.69) is 5.32 Å². The monoisotopic (exact) mass is 205 g/mol. The molecule has 0 spiro atoms. The van der Waals surface area contributed by atoms with Gasteiger partial charge in [-0.15, -0.1) is 0 Å². The molecular formula is C12H15NO2. The summed E-state index contributed by atoms with van der Waals surface area (Å²) >= 11 is 0. The number of anilines is 1. The summed E-state index contributed by atoms with van der Waals surface area (Å²) in [6.07, 6.45) is 3.19. The van der Waals surface area contributed by atoms with Crippen LogP contribution in [0.1, 0.15) is 12.5 Å². The Morgan fingerprint density at radius 1 is 1.47 bits per heavy atom. The fourth-order valence-corrected chi connectivity index (χ4v) is 1.25. The highest BCUT2D eigenvalue weighted by molar-refractivity contribution is 5.99. The van der Waals surface area contributed by atoms with Crippen LogP contribution in [0.4, 0.5) is 5.69 Å². The van der Waals surface area contributed by atoms with E-state index in [-0.39, 0.29) is 5.91 Å². The first kappa shape index (κ1) is 11.5. The van der Waals surface area contributed by atoms with Gasteiger partial charge in [0.05, 0.1) is 6.61 Å². The molecule has 1 aromatic rings. The topological polar surface area (TPSA) is 38.3 Å². The molecular weight excluding hydrogens is 190 g/mol. The molecule has 15 heavy (non-hydrogen) atoms. The lowest BCUT2D eigenvalue weighted by Gasteiger charge is -2.08. The summed E-state index contributed by atoms with van der Waals surface area (Å²) < 4.78 is 5.04. The van der Waals surface area contributed by atoms with Gasteiger partial charge in [0.2, 0.25) is 5.91 Å². The molecule has 1 aromatic carbocycles. The lowest BCUT2D eigenvalue weighted by Crippen LogP contribution is -2.09. The van der Waals surface area contributed by atoms with Gasteiger partial charge >= 0.3 is 0 Å². The van der Waals surface area contributed by atoms with Crippen LogP contribution in [-0.2, 0) is 16.1 Å². The second-order valence-electron chi connectivity index (χ2n) is 3.08. The van der Waals surface area contributed by atoms with Crippen LogP contribution in [0.3, 0.4) is 0 Å². The van der Waals surface area contributed by atoms with Gasteiger partial charge in [0.1, 0.15) is 0 Å². The van der Waals surface area contributed by atoms with E-state index in [0.717, 1.165) is 11.3 Å². The Hall–Kier alpha value is -1.61. The standard InChI is InChI=1S/C12H15NO2/c1-3-6-12(14)13-11-8-5-4-7-10(11)9-15-2/h3-8H,9H2,1-2H3,(H,13,14). The first-order valence-corrected chi connectivity index (χ1v) is 4.78. The molecule has 0 aliphatic rings. The lowest BCUT2D eigenvalue weighted by atomic mass is 10.2. The smallest absolute Gasteiger partial charge is 0.248 e. The van der Waals surface area contributed by atoms with E-state index in [4.69, 9.17) is 4.74 Å². The summed E-state index contributed by atoms with van der Waals surface area (Å²) in [5.74, 6) is -0.124. The van der Waals surface area contributed by atoms with E-state index >= 15 is 0 Å². The number of hydrogen-bond acceptors (Lipinski definition) is 2. The molecule has 1 rings (SSSR count). The average Bonchev–Trinajstić information content (AvgIpc) is 2.21. The number of methoxy groups -OCH3 is 1. The molecule has 0 saturated carbocycles. The Morgan fingerprint density at radius 3 is 2.87 bits per heavy atom. The zero-order chi connectivity index (χ0) is 11.1. The Balaban J connectivity index is 2.79. The minimum atomic E-state index is -0.124. The van der Waals surface area contributed by atoms with Crippen molar-refractivity contribution in [2.75, 3.05) is 12.4 Å². The van der Waals surface area contributed by atoms with Crippen LogP contribution in [0.15, 0.2) is 36.4 Å². The summed E-state index contributed by atoms with van der Waals surface area (Å²) in [6.45, 7) is 2.30. The van der Waals surface area contributed by atoms with E-state index < -0.39 is 0 Å². The number of carbonyl (C=O) groups is 1. The van der Waals surface area contributed by atoms with Crippen LogP contribution in [0.25, 0.3) is 0 Å². The van der Waals surface area contributed by atoms with Crippen molar-refractivity contribution in [3.05, 3.63) is 42.0 Å². The predicted molar refractivity (Wildman–Crippen MR) is 60.6 cm³/mol. The zero-order valence-corrected chi connectivity index (χ0v) is 8.99. The largest absolute Gasteiger partial charge is 0.380 e. The van der Waals surface area contributed by atoms with Crippen molar-refractivity contribution in [1.82, 2.24) is 0 Å². The van der Waals surface area contributed by atoms with E-state index in [1.54, 1.807) is 20.1 Å².